The van der Waals surface area contributed by atoms with Crippen LogP contribution in [0, 0.1) is 17.3 Å². The van der Waals surface area contributed by atoms with E-state index in [1.165, 1.54) is 31.0 Å². The molecule has 3 amide bonds. The van der Waals surface area contributed by atoms with Gasteiger partial charge in [0.25, 0.3) is 17.7 Å². The third-order valence-corrected chi connectivity index (χ3v) is 4.66. The zero-order chi connectivity index (χ0) is 28.1. The highest BCUT2D eigenvalue weighted by Crippen LogP contribution is 2.16. The average molecular weight is 500 g/mol. The van der Waals surface area contributed by atoms with Crippen LogP contribution in [0.25, 0.3) is 0 Å². The van der Waals surface area contributed by atoms with Crippen molar-refractivity contribution in [1.29, 1.82) is 0 Å². The summed E-state index contributed by atoms with van der Waals surface area (Å²) in [7, 11) is 0. The fraction of sp³-hybridized carbons (Fsp3) is 0.567. The Labute approximate surface area is 220 Å². The first-order chi connectivity index (χ1) is 16.9. The molecule has 0 saturated heterocycles. The SMILES string of the molecule is CC#CCC/C=C(\C)NC(=O)c1cc(C(=O)NCC)cc(C(=O)NCC)c1.CCC.CCC(C)(C)C. The first-order valence-electron chi connectivity index (χ1n) is 13.0. The molecule has 1 aromatic carbocycles. The van der Waals surface area contributed by atoms with Gasteiger partial charge in [0.15, 0.2) is 0 Å². The predicted octanol–water partition coefficient (Wildman–Crippen LogP) is 6.48. The molecule has 0 atom stereocenters. The molecule has 202 valence electrons. The third-order valence-electron chi connectivity index (χ3n) is 4.66. The Hall–Kier alpha value is -3.07. The van der Waals surface area contributed by atoms with Gasteiger partial charge in [0.2, 0.25) is 0 Å². The molecule has 0 aliphatic heterocycles. The van der Waals surface area contributed by atoms with Crippen LogP contribution in [0.1, 0.15) is 126 Å². The third kappa shape index (κ3) is 17.4. The Balaban J connectivity index is 0. The minimum Gasteiger partial charge on any atom is -0.352 e. The summed E-state index contributed by atoms with van der Waals surface area (Å²) in [6, 6.07) is 4.46. The van der Waals surface area contributed by atoms with E-state index >= 15 is 0 Å². The molecule has 0 heterocycles. The number of amides is 3. The van der Waals surface area contributed by atoms with Crippen LogP contribution in [-0.2, 0) is 0 Å². The lowest BCUT2D eigenvalue weighted by atomic mass is 9.94. The van der Waals surface area contributed by atoms with Crippen LogP contribution >= 0.6 is 0 Å². The molecule has 1 rings (SSSR count). The van der Waals surface area contributed by atoms with Crippen molar-refractivity contribution in [3.63, 3.8) is 0 Å². The van der Waals surface area contributed by atoms with Crippen molar-refractivity contribution in [3.05, 3.63) is 46.7 Å². The van der Waals surface area contributed by atoms with E-state index in [1.807, 2.05) is 6.08 Å². The Morgan fingerprint density at radius 1 is 0.833 bits per heavy atom. The first-order valence-corrected chi connectivity index (χ1v) is 13.0. The van der Waals surface area contributed by atoms with Gasteiger partial charge in [-0.1, -0.05) is 60.5 Å². The molecule has 0 unspecified atom stereocenters. The maximum Gasteiger partial charge on any atom is 0.255 e. The van der Waals surface area contributed by atoms with Gasteiger partial charge in [0, 0.05) is 41.9 Å². The summed E-state index contributed by atoms with van der Waals surface area (Å²) >= 11 is 0. The molecular weight excluding hydrogens is 450 g/mol. The van der Waals surface area contributed by atoms with Gasteiger partial charge < -0.3 is 16.0 Å². The molecule has 0 radical (unpaired) electrons. The summed E-state index contributed by atoms with van der Waals surface area (Å²) in [5, 5.41) is 8.14. The molecule has 1 aromatic rings. The Morgan fingerprint density at radius 2 is 1.22 bits per heavy atom. The zero-order valence-corrected chi connectivity index (χ0v) is 24.3. The normalized spacial score (nSPS) is 10.3. The standard InChI is InChI=1S/C21H27N3O3.C6H14.C3H8/c1-5-8-9-10-11-15(4)24-21(27)18-13-16(19(25)22-6-2)12-17(14-18)20(26)23-7-3;1-5-6(2,3)4;1-3-2/h11-14H,6-7,9-10H2,1-4H3,(H,22,25)(H,23,26)(H,24,27);5H2,1-4H3;3H2,1-2H3/b15-11+;;. The monoisotopic (exact) mass is 499 g/mol. The van der Waals surface area contributed by atoms with Gasteiger partial charge in [-0.3, -0.25) is 14.4 Å². The Morgan fingerprint density at radius 3 is 1.56 bits per heavy atom. The molecule has 0 fully saturated rings. The number of hydrogen-bond acceptors (Lipinski definition) is 3. The lowest BCUT2D eigenvalue weighted by molar-refractivity contribution is 0.0955. The number of allylic oxidation sites excluding steroid dienone is 2. The van der Waals surface area contributed by atoms with E-state index in [9.17, 15) is 14.4 Å². The number of hydrogen-bond donors (Lipinski definition) is 3. The van der Waals surface area contributed by atoms with Crippen molar-refractivity contribution in [1.82, 2.24) is 16.0 Å². The topological polar surface area (TPSA) is 87.3 Å². The molecule has 0 bridgehead atoms. The number of benzene rings is 1. The van der Waals surface area contributed by atoms with Gasteiger partial charge in [-0.15, -0.1) is 11.8 Å². The predicted molar refractivity (Wildman–Crippen MR) is 152 cm³/mol. The van der Waals surface area contributed by atoms with Crippen LogP contribution in [0.2, 0.25) is 0 Å². The fourth-order valence-electron chi connectivity index (χ4n) is 2.33. The summed E-state index contributed by atoms with van der Waals surface area (Å²) < 4.78 is 0. The number of rotatable bonds is 8. The fourth-order valence-corrected chi connectivity index (χ4v) is 2.33. The molecule has 0 spiro atoms. The van der Waals surface area contributed by atoms with Gasteiger partial charge in [-0.2, -0.15) is 0 Å². The Kier molecular flexibility index (Phi) is 19.6. The average Bonchev–Trinajstić information content (AvgIpc) is 2.82. The van der Waals surface area contributed by atoms with Gasteiger partial charge in [-0.25, -0.2) is 0 Å². The minimum absolute atomic E-state index is 0.251. The van der Waals surface area contributed by atoms with Gasteiger partial charge in [0.05, 0.1) is 0 Å². The van der Waals surface area contributed by atoms with Crippen molar-refractivity contribution < 1.29 is 14.4 Å². The first kappa shape index (κ1) is 35.1. The van der Waals surface area contributed by atoms with E-state index < -0.39 is 0 Å². The van der Waals surface area contributed by atoms with E-state index in [4.69, 9.17) is 0 Å². The highest BCUT2D eigenvalue weighted by Gasteiger charge is 2.16. The second-order valence-electron chi connectivity index (χ2n) is 9.45. The van der Waals surface area contributed by atoms with E-state index in [1.54, 1.807) is 27.7 Å². The number of carbonyl (C=O) groups excluding carboxylic acids is 3. The molecule has 0 aromatic heterocycles. The van der Waals surface area contributed by atoms with Crippen LogP contribution in [0.4, 0.5) is 0 Å². The van der Waals surface area contributed by atoms with Crippen LogP contribution < -0.4 is 16.0 Å². The van der Waals surface area contributed by atoms with Crippen molar-refractivity contribution in [2.45, 2.75) is 94.9 Å². The van der Waals surface area contributed by atoms with Crippen molar-refractivity contribution in [2.75, 3.05) is 13.1 Å². The largest absolute Gasteiger partial charge is 0.352 e. The van der Waals surface area contributed by atoms with Gasteiger partial charge in [-0.05, 0) is 57.7 Å². The molecular formula is C30H49N3O3. The zero-order valence-electron chi connectivity index (χ0n) is 24.3. The molecule has 0 aliphatic carbocycles. The van der Waals surface area contributed by atoms with Gasteiger partial charge in [0.1, 0.15) is 0 Å². The molecule has 0 saturated carbocycles. The molecule has 6 nitrogen and oxygen atoms in total. The smallest absolute Gasteiger partial charge is 0.255 e. The lowest BCUT2D eigenvalue weighted by Crippen LogP contribution is -2.27. The van der Waals surface area contributed by atoms with Crippen LogP contribution in [0.5, 0.6) is 0 Å². The quantitative estimate of drug-likeness (QED) is 0.282. The molecule has 3 N–H and O–H groups in total. The Bertz CT molecular complexity index is 864. The van der Waals surface area contributed by atoms with Gasteiger partial charge >= 0.3 is 0 Å². The number of unbranched alkanes of at least 4 members (excludes halogenated alkanes) is 1. The highest BCUT2D eigenvalue weighted by atomic mass is 16.2. The van der Waals surface area contributed by atoms with Crippen molar-refractivity contribution in [2.24, 2.45) is 5.41 Å². The maximum absolute atomic E-state index is 12.6. The van der Waals surface area contributed by atoms with Crippen LogP contribution in [-0.4, -0.2) is 30.8 Å². The van der Waals surface area contributed by atoms with E-state index in [0.717, 1.165) is 12.8 Å². The summed E-state index contributed by atoms with van der Waals surface area (Å²) in [5.41, 5.74) is 2.03. The second-order valence-corrected chi connectivity index (χ2v) is 9.45. The summed E-state index contributed by atoms with van der Waals surface area (Å²) in [6.07, 6.45) is 5.86. The van der Waals surface area contributed by atoms with E-state index in [-0.39, 0.29) is 34.4 Å². The van der Waals surface area contributed by atoms with Crippen molar-refractivity contribution >= 4 is 17.7 Å². The summed E-state index contributed by atoms with van der Waals surface area (Å²) in [6.45, 7) is 21.3. The number of carbonyl (C=O) groups is 3. The highest BCUT2D eigenvalue weighted by molar-refractivity contribution is 6.04. The van der Waals surface area contributed by atoms with E-state index in [2.05, 4.69) is 69.3 Å². The lowest BCUT2D eigenvalue weighted by Gasteiger charge is -2.12. The maximum atomic E-state index is 12.6. The van der Waals surface area contributed by atoms with E-state index in [0.29, 0.717) is 24.2 Å². The summed E-state index contributed by atoms with van der Waals surface area (Å²) in [5.74, 6) is 4.74. The van der Waals surface area contributed by atoms with Crippen molar-refractivity contribution in [3.8, 4) is 11.8 Å². The number of nitrogens with one attached hydrogen (secondary N) is 3. The molecule has 36 heavy (non-hydrogen) atoms. The minimum atomic E-state index is -0.373. The molecule has 6 heteroatoms. The summed E-state index contributed by atoms with van der Waals surface area (Å²) in [4.78, 5) is 36.9. The van der Waals surface area contributed by atoms with Crippen LogP contribution in [0.3, 0.4) is 0 Å². The van der Waals surface area contributed by atoms with Crippen LogP contribution in [0.15, 0.2) is 30.0 Å². The molecule has 0 aliphatic rings. The second kappa shape index (κ2) is 20.2.